The average Bonchev–Trinajstić information content (AvgIpc) is 2.49. The van der Waals surface area contributed by atoms with Gasteiger partial charge in [-0.05, 0) is 31.9 Å². The highest BCUT2D eigenvalue weighted by Crippen LogP contribution is 2.21. The molecule has 2 atom stereocenters. The first kappa shape index (κ1) is 18.5. The van der Waals surface area contributed by atoms with Crippen molar-refractivity contribution >= 4 is 5.91 Å². The molecule has 0 aromatic heterocycles. The number of rotatable bonds is 9. The lowest BCUT2D eigenvalue weighted by molar-refractivity contribution is -0.125. The Bertz CT molecular complexity index is 472. The molecule has 0 spiro atoms. The van der Waals surface area contributed by atoms with E-state index in [0.29, 0.717) is 13.2 Å². The molecule has 1 rings (SSSR count). The van der Waals surface area contributed by atoms with Crippen LogP contribution in [0, 0.1) is 12.8 Å². The predicted octanol–water partition coefficient (Wildman–Crippen LogP) is 3.16. The highest BCUT2D eigenvalue weighted by molar-refractivity contribution is 5.79. The second-order valence-electron chi connectivity index (χ2n) is 6.03. The number of amides is 1. The van der Waals surface area contributed by atoms with Crippen LogP contribution in [0.3, 0.4) is 0 Å². The summed E-state index contributed by atoms with van der Waals surface area (Å²) in [6.45, 7) is 9.09. The maximum absolute atomic E-state index is 12.0. The Morgan fingerprint density at radius 2 is 2.05 bits per heavy atom. The summed E-state index contributed by atoms with van der Waals surface area (Å²) in [5.41, 5.74) is 7.93. The molecule has 3 N–H and O–H groups in total. The van der Waals surface area contributed by atoms with Gasteiger partial charge in [0.05, 0.1) is 6.61 Å². The van der Waals surface area contributed by atoms with Gasteiger partial charge in [0.2, 0.25) is 5.91 Å². The van der Waals surface area contributed by atoms with Crippen LogP contribution in [0.2, 0.25) is 0 Å². The summed E-state index contributed by atoms with van der Waals surface area (Å²) in [6, 6.07) is 5.93. The number of carbonyl (C=O) groups excluding carboxylic acids is 1. The molecule has 4 nitrogen and oxygen atoms in total. The third-order valence-electron chi connectivity index (χ3n) is 3.88. The Balaban J connectivity index is 2.63. The minimum atomic E-state index is -0.195. The smallest absolute Gasteiger partial charge is 0.224 e. The van der Waals surface area contributed by atoms with Crippen LogP contribution >= 0.6 is 0 Å². The number of nitrogens with two attached hydrogens (primary N) is 1. The van der Waals surface area contributed by atoms with Gasteiger partial charge in [-0.1, -0.05) is 38.8 Å². The van der Waals surface area contributed by atoms with Crippen molar-refractivity contribution < 1.29 is 9.53 Å². The van der Waals surface area contributed by atoms with Gasteiger partial charge in [-0.3, -0.25) is 4.79 Å². The number of hydrogen-bond acceptors (Lipinski definition) is 3. The highest BCUT2D eigenvalue weighted by atomic mass is 16.5. The number of carbonyl (C=O) groups is 1. The van der Waals surface area contributed by atoms with Crippen molar-refractivity contribution in [3.05, 3.63) is 29.3 Å². The molecule has 2 unspecified atom stereocenters. The molecule has 0 fully saturated rings. The van der Waals surface area contributed by atoms with Crippen LogP contribution in [0.4, 0.5) is 0 Å². The molecule has 22 heavy (non-hydrogen) atoms. The SMILES string of the molecule is CCCCCOc1cc(C)ccc1CNC(=O)C(C)C(C)N. The Labute approximate surface area is 134 Å². The van der Waals surface area contributed by atoms with Crippen molar-refractivity contribution in [2.45, 2.75) is 59.5 Å². The number of unbranched alkanes of at least 4 members (excludes halogenated alkanes) is 2. The van der Waals surface area contributed by atoms with E-state index in [1.54, 1.807) is 0 Å². The van der Waals surface area contributed by atoms with E-state index in [0.717, 1.165) is 23.3 Å². The molecule has 1 aromatic carbocycles. The molecule has 1 amide bonds. The van der Waals surface area contributed by atoms with Crippen LogP contribution in [-0.2, 0) is 11.3 Å². The van der Waals surface area contributed by atoms with E-state index in [1.807, 2.05) is 39.0 Å². The largest absolute Gasteiger partial charge is 0.493 e. The molecule has 1 aromatic rings. The Morgan fingerprint density at radius 1 is 1.32 bits per heavy atom. The number of hydrogen-bond donors (Lipinski definition) is 2. The van der Waals surface area contributed by atoms with Crippen molar-refractivity contribution in [1.82, 2.24) is 5.32 Å². The van der Waals surface area contributed by atoms with Crippen LogP contribution in [0.5, 0.6) is 5.75 Å². The third kappa shape index (κ3) is 6.06. The van der Waals surface area contributed by atoms with Crippen molar-refractivity contribution in [3.8, 4) is 5.75 Å². The van der Waals surface area contributed by atoms with Gasteiger partial charge in [-0.2, -0.15) is 0 Å². The van der Waals surface area contributed by atoms with Crippen molar-refractivity contribution in [3.63, 3.8) is 0 Å². The summed E-state index contributed by atoms with van der Waals surface area (Å²) in [5.74, 6) is 0.650. The topological polar surface area (TPSA) is 64.3 Å². The van der Waals surface area contributed by atoms with Gasteiger partial charge < -0.3 is 15.8 Å². The van der Waals surface area contributed by atoms with E-state index in [2.05, 4.69) is 12.2 Å². The first-order valence-corrected chi connectivity index (χ1v) is 8.21. The number of benzene rings is 1. The molecular formula is C18H30N2O2. The quantitative estimate of drug-likeness (QED) is 0.689. The van der Waals surface area contributed by atoms with Crippen LogP contribution in [0.1, 0.15) is 51.2 Å². The Kier molecular flexibility index (Phi) is 7.96. The van der Waals surface area contributed by atoms with Crippen LogP contribution in [-0.4, -0.2) is 18.6 Å². The molecule has 0 aliphatic rings. The lowest BCUT2D eigenvalue weighted by atomic mass is 10.0. The molecule has 0 saturated carbocycles. The minimum Gasteiger partial charge on any atom is -0.493 e. The third-order valence-corrected chi connectivity index (χ3v) is 3.88. The Hall–Kier alpha value is -1.55. The zero-order chi connectivity index (χ0) is 16.5. The van der Waals surface area contributed by atoms with Gasteiger partial charge in [0, 0.05) is 24.1 Å². The van der Waals surface area contributed by atoms with E-state index >= 15 is 0 Å². The monoisotopic (exact) mass is 306 g/mol. The maximum Gasteiger partial charge on any atom is 0.224 e. The number of aryl methyl sites for hydroxylation is 1. The summed E-state index contributed by atoms with van der Waals surface area (Å²) >= 11 is 0. The zero-order valence-electron chi connectivity index (χ0n) is 14.3. The fourth-order valence-corrected chi connectivity index (χ4v) is 2.06. The van der Waals surface area contributed by atoms with E-state index in [9.17, 15) is 4.79 Å². The number of nitrogens with one attached hydrogen (secondary N) is 1. The molecule has 0 aliphatic heterocycles. The van der Waals surface area contributed by atoms with Gasteiger partial charge in [-0.15, -0.1) is 0 Å². The van der Waals surface area contributed by atoms with Crippen molar-refractivity contribution in [1.29, 1.82) is 0 Å². The van der Waals surface area contributed by atoms with Crippen LogP contribution in [0.15, 0.2) is 18.2 Å². The van der Waals surface area contributed by atoms with E-state index in [-0.39, 0.29) is 17.9 Å². The van der Waals surface area contributed by atoms with Gasteiger partial charge in [0.25, 0.3) is 0 Å². The minimum absolute atomic E-state index is 0.0208. The van der Waals surface area contributed by atoms with Crippen LogP contribution < -0.4 is 15.8 Å². The van der Waals surface area contributed by atoms with Gasteiger partial charge in [-0.25, -0.2) is 0 Å². The summed E-state index contributed by atoms with van der Waals surface area (Å²) in [4.78, 5) is 12.0. The van der Waals surface area contributed by atoms with Gasteiger partial charge in [0.1, 0.15) is 5.75 Å². The standard InChI is InChI=1S/C18H30N2O2/c1-5-6-7-10-22-17-11-13(2)8-9-16(17)12-20-18(21)14(3)15(4)19/h8-9,11,14-15H,5-7,10,12,19H2,1-4H3,(H,20,21). The van der Waals surface area contributed by atoms with Crippen molar-refractivity contribution in [2.24, 2.45) is 11.7 Å². The van der Waals surface area contributed by atoms with E-state index in [4.69, 9.17) is 10.5 Å². The lowest BCUT2D eigenvalue weighted by Crippen LogP contribution is -2.38. The fraction of sp³-hybridized carbons (Fsp3) is 0.611. The van der Waals surface area contributed by atoms with Gasteiger partial charge >= 0.3 is 0 Å². The normalized spacial score (nSPS) is 13.5. The lowest BCUT2D eigenvalue weighted by Gasteiger charge is -2.17. The molecule has 0 heterocycles. The molecule has 4 heteroatoms. The molecule has 0 aliphatic carbocycles. The van der Waals surface area contributed by atoms with E-state index < -0.39 is 0 Å². The van der Waals surface area contributed by atoms with E-state index in [1.165, 1.54) is 12.8 Å². The number of ether oxygens (including phenoxy) is 1. The average molecular weight is 306 g/mol. The second kappa shape index (κ2) is 9.46. The Morgan fingerprint density at radius 3 is 2.68 bits per heavy atom. The van der Waals surface area contributed by atoms with Crippen molar-refractivity contribution in [2.75, 3.05) is 6.61 Å². The van der Waals surface area contributed by atoms with Gasteiger partial charge in [0.15, 0.2) is 0 Å². The molecule has 124 valence electrons. The zero-order valence-corrected chi connectivity index (χ0v) is 14.3. The fourth-order valence-electron chi connectivity index (χ4n) is 2.06. The predicted molar refractivity (Wildman–Crippen MR) is 90.9 cm³/mol. The summed E-state index contributed by atoms with van der Waals surface area (Å²) in [5, 5.41) is 2.94. The summed E-state index contributed by atoms with van der Waals surface area (Å²) < 4.78 is 5.88. The first-order chi connectivity index (χ1) is 10.5. The molecule has 0 saturated heterocycles. The molecule has 0 bridgehead atoms. The highest BCUT2D eigenvalue weighted by Gasteiger charge is 2.17. The molecule has 0 radical (unpaired) electrons. The molecular weight excluding hydrogens is 276 g/mol. The first-order valence-electron chi connectivity index (χ1n) is 8.21. The second-order valence-corrected chi connectivity index (χ2v) is 6.03. The summed E-state index contributed by atoms with van der Waals surface area (Å²) in [6.07, 6.45) is 3.40. The summed E-state index contributed by atoms with van der Waals surface area (Å²) in [7, 11) is 0. The van der Waals surface area contributed by atoms with Crippen LogP contribution in [0.25, 0.3) is 0 Å². The maximum atomic E-state index is 12.0.